The van der Waals surface area contributed by atoms with Crippen LogP contribution in [-0.2, 0) is 4.74 Å². The van der Waals surface area contributed by atoms with Gasteiger partial charge in [0.1, 0.15) is 11.4 Å². The van der Waals surface area contributed by atoms with Crippen LogP contribution in [0.4, 0.5) is 0 Å². The van der Waals surface area contributed by atoms with Gasteiger partial charge in [0.15, 0.2) is 5.69 Å². The molecule has 0 unspecified atom stereocenters. The number of aryl methyl sites for hydroxylation is 1. The Bertz CT molecular complexity index is 531. The Labute approximate surface area is 85.9 Å². The van der Waals surface area contributed by atoms with Crippen molar-refractivity contribution in [3.05, 3.63) is 29.7 Å². The van der Waals surface area contributed by atoms with E-state index in [4.69, 9.17) is 0 Å². The van der Waals surface area contributed by atoms with Crippen LogP contribution in [0.15, 0.2) is 18.3 Å². The summed E-state index contributed by atoms with van der Waals surface area (Å²) in [4.78, 5) is 15.6. The lowest BCUT2D eigenvalue weighted by atomic mass is 10.3. The van der Waals surface area contributed by atoms with E-state index in [9.17, 15) is 9.90 Å². The van der Waals surface area contributed by atoms with Gasteiger partial charge in [0.2, 0.25) is 0 Å². The van der Waals surface area contributed by atoms with E-state index in [1.807, 2.05) is 0 Å². The van der Waals surface area contributed by atoms with Gasteiger partial charge in [0.05, 0.1) is 19.0 Å². The van der Waals surface area contributed by atoms with Gasteiger partial charge >= 0.3 is 5.97 Å². The second-order valence-corrected chi connectivity index (χ2v) is 3.15. The lowest BCUT2D eigenvalue weighted by Gasteiger charge is -2.00. The first kappa shape index (κ1) is 9.51. The van der Waals surface area contributed by atoms with Gasteiger partial charge in [0.25, 0.3) is 0 Å². The van der Waals surface area contributed by atoms with Crippen molar-refractivity contribution in [1.29, 1.82) is 0 Å². The fourth-order valence-electron chi connectivity index (χ4n) is 1.49. The summed E-state index contributed by atoms with van der Waals surface area (Å²) in [5, 5.41) is 9.32. The first-order valence-electron chi connectivity index (χ1n) is 4.39. The number of pyridine rings is 1. The number of rotatable bonds is 1. The smallest absolute Gasteiger partial charge is 0.356 e. The molecule has 0 saturated heterocycles. The van der Waals surface area contributed by atoms with Gasteiger partial charge in [-0.15, -0.1) is 0 Å². The summed E-state index contributed by atoms with van der Waals surface area (Å²) in [6.45, 7) is 1.72. The highest BCUT2D eigenvalue weighted by Crippen LogP contribution is 2.16. The van der Waals surface area contributed by atoms with Crippen molar-refractivity contribution in [3.8, 4) is 5.75 Å². The number of ether oxygens (including phenoxy) is 1. The van der Waals surface area contributed by atoms with Crippen molar-refractivity contribution in [2.45, 2.75) is 6.92 Å². The number of hydrogen-bond acceptors (Lipinski definition) is 4. The molecule has 0 amide bonds. The van der Waals surface area contributed by atoms with E-state index >= 15 is 0 Å². The fourth-order valence-corrected chi connectivity index (χ4v) is 1.49. The molecule has 0 radical (unpaired) electrons. The Balaban J connectivity index is 2.76. The Morgan fingerprint density at radius 3 is 2.93 bits per heavy atom. The van der Waals surface area contributed by atoms with Crippen LogP contribution in [0.2, 0.25) is 0 Å². The molecule has 78 valence electrons. The van der Waals surface area contributed by atoms with Crippen molar-refractivity contribution in [3.63, 3.8) is 0 Å². The SMILES string of the molecule is COC(=O)c1c(C)nc2ccc(O)cn12. The molecule has 0 fully saturated rings. The third kappa shape index (κ3) is 1.41. The number of carbonyl (C=O) groups is 1. The van der Waals surface area contributed by atoms with Crippen molar-refractivity contribution in [1.82, 2.24) is 9.38 Å². The molecule has 2 aromatic heterocycles. The highest BCUT2D eigenvalue weighted by Gasteiger charge is 2.16. The first-order chi connectivity index (χ1) is 7.13. The number of methoxy groups -OCH3 is 1. The van der Waals surface area contributed by atoms with Gasteiger partial charge in [-0.1, -0.05) is 0 Å². The summed E-state index contributed by atoms with van der Waals surface area (Å²) in [6.07, 6.45) is 1.43. The largest absolute Gasteiger partial charge is 0.506 e. The summed E-state index contributed by atoms with van der Waals surface area (Å²) in [5.74, 6) is -0.393. The number of nitrogens with zero attached hydrogens (tertiary/aromatic N) is 2. The number of aromatic hydroxyl groups is 1. The van der Waals surface area contributed by atoms with Crippen LogP contribution in [0.25, 0.3) is 5.65 Å². The normalized spacial score (nSPS) is 10.5. The molecule has 0 aromatic carbocycles. The van der Waals surface area contributed by atoms with Crippen LogP contribution in [0.5, 0.6) is 5.75 Å². The van der Waals surface area contributed by atoms with Crippen LogP contribution in [-0.4, -0.2) is 27.6 Å². The molecule has 15 heavy (non-hydrogen) atoms. The predicted molar refractivity (Wildman–Crippen MR) is 52.9 cm³/mol. The molecule has 2 rings (SSSR count). The van der Waals surface area contributed by atoms with Crippen LogP contribution in [0, 0.1) is 6.92 Å². The van der Waals surface area contributed by atoms with Gasteiger partial charge in [-0.3, -0.25) is 4.40 Å². The second-order valence-electron chi connectivity index (χ2n) is 3.15. The maximum atomic E-state index is 11.5. The third-order valence-electron chi connectivity index (χ3n) is 2.16. The number of imidazole rings is 1. The van der Waals surface area contributed by atoms with E-state index in [0.29, 0.717) is 17.0 Å². The molecular formula is C10H10N2O3. The summed E-state index contributed by atoms with van der Waals surface area (Å²) >= 11 is 0. The standard InChI is InChI=1S/C10H10N2O3/c1-6-9(10(14)15-2)12-5-7(13)3-4-8(12)11-6/h3-5,13H,1-2H3. The Morgan fingerprint density at radius 1 is 1.53 bits per heavy atom. The second kappa shape index (κ2) is 3.27. The highest BCUT2D eigenvalue weighted by molar-refractivity contribution is 5.89. The number of carbonyl (C=O) groups excluding carboxylic acids is 1. The fraction of sp³-hybridized carbons (Fsp3) is 0.200. The minimum atomic E-state index is -0.467. The summed E-state index contributed by atoms with van der Waals surface area (Å²) in [6, 6.07) is 3.15. The zero-order valence-corrected chi connectivity index (χ0v) is 8.39. The molecule has 5 nitrogen and oxygen atoms in total. The van der Waals surface area contributed by atoms with Crippen molar-refractivity contribution in [2.24, 2.45) is 0 Å². The van der Waals surface area contributed by atoms with Crippen LogP contribution >= 0.6 is 0 Å². The monoisotopic (exact) mass is 206 g/mol. The molecule has 2 heterocycles. The van der Waals surface area contributed by atoms with E-state index in [-0.39, 0.29) is 5.75 Å². The highest BCUT2D eigenvalue weighted by atomic mass is 16.5. The molecule has 0 saturated carbocycles. The van der Waals surface area contributed by atoms with Crippen LogP contribution in [0.3, 0.4) is 0 Å². The third-order valence-corrected chi connectivity index (χ3v) is 2.16. The maximum absolute atomic E-state index is 11.5. The van der Waals surface area contributed by atoms with Gasteiger partial charge < -0.3 is 9.84 Å². The Morgan fingerprint density at radius 2 is 2.27 bits per heavy atom. The lowest BCUT2D eigenvalue weighted by Crippen LogP contribution is -2.06. The van der Waals surface area contributed by atoms with Crippen molar-refractivity contribution < 1.29 is 14.6 Å². The maximum Gasteiger partial charge on any atom is 0.356 e. The molecule has 0 aliphatic heterocycles. The van der Waals surface area contributed by atoms with Gasteiger partial charge in [0, 0.05) is 0 Å². The quantitative estimate of drug-likeness (QED) is 0.710. The van der Waals surface area contributed by atoms with E-state index in [2.05, 4.69) is 9.72 Å². The Kier molecular flexibility index (Phi) is 2.07. The first-order valence-corrected chi connectivity index (χ1v) is 4.39. The van der Waals surface area contributed by atoms with Crippen LogP contribution < -0.4 is 0 Å². The van der Waals surface area contributed by atoms with Gasteiger partial charge in [-0.2, -0.15) is 0 Å². The predicted octanol–water partition coefficient (Wildman–Crippen LogP) is 1.13. The molecule has 0 spiro atoms. The average Bonchev–Trinajstić information content (AvgIpc) is 2.52. The van der Waals surface area contributed by atoms with E-state index in [1.54, 1.807) is 13.0 Å². The molecular weight excluding hydrogens is 196 g/mol. The van der Waals surface area contributed by atoms with Crippen molar-refractivity contribution in [2.75, 3.05) is 7.11 Å². The molecule has 5 heteroatoms. The average molecular weight is 206 g/mol. The lowest BCUT2D eigenvalue weighted by molar-refractivity contribution is 0.0592. The van der Waals surface area contributed by atoms with Crippen LogP contribution in [0.1, 0.15) is 16.2 Å². The molecule has 0 aliphatic carbocycles. The molecule has 0 aliphatic rings. The minimum absolute atomic E-state index is 0.0741. The molecule has 1 N–H and O–H groups in total. The number of hydrogen-bond donors (Lipinski definition) is 1. The van der Waals surface area contributed by atoms with E-state index in [0.717, 1.165) is 0 Å². The van der Waals surface area contributed by atoms with Crippen molar-refractivity contribution >= 4 is 11.6 Å². The zero-order chi connectivity index (χ0) is 11.0. The number of esters is 1. The molecule has 0 atom stereocenters. The summed E-state index contributed by atoms with van der Waals surface area (Å²) in [5.41, 5.74) is 1.52. The summed E-state index contributed by atoms with van der Waals surface area (Å²) in [7, 11) is 1.31. The molecule has 0 bridgehead atoms. The minimum Gasteiger partial charge on any atom is -0.506 e. The summed E-state index contributed by atoms with van der Waals surface area (Å²) < 4.78 is 6.15. The van der Waals surface area contributed by atoms with E-state index in [1.165, 1.54) is 23.8 Å². The van der Waals surface area contributed by atoms with E-state index < -0.39 is 5.97 Å². The number of fused-ring (bicyclic) bond motifs is 1. The van der Waals surface area contributed by atoms with Gasteiger partial charge in [-0.25, -0.2) is 9.78 Å². The number of aromatic nitrogens is 2. The zero-order valence-electron chi connectivity index (χ0n) is 8.39. The topological polar surface area (TPSA) is 63.8 Å². The Hall–Kier alpha value is -2.04. The van der Waals surface area contributed by atoms with Gasteiger partial charge in [-0.05, 0) is 19.1 Å². The molecule has 2 aromatic rings.